The summed E-state index contributed by atoms with van der Waals surface area (Å²) in [7, 11) is 0. The van der Waals surface area contributed by atoms with Crippen molar-refractivity contribution >= 4 is 5.97 Å². The maximum Gasteiger partial charge on any atom is 0.310 e. The minimum absolute atomic E-state index is 0.126. The smallest absolute Gasteiger partial charge is 0.310 e. The summed E-state index contributed by atoms with van der Waals surface area (Å²) in [4.78, 5) is 10.8. The third-order valence-corrected chi connectivity index (χ3v) is 1.45. The molecular weight excluding hydrogens is 128 g/mol. The van der Waals surface area contributed by atoms with Gasteiger partial charge in [-0.05, 0) is 13.8 Å². The van der Waals surface area contributed by atoms with Crippen LogP contribution in [-0.2, 0) is 9.53 Å². The van der Waals surface area contributed by atoms with Crippen LogP contribution in [0.4, 0.5) is 0 Å². The zero-order valence-corrected chi connectivity index (χ0v) is 6.39. The molecule has 0 spiro atoms. The predicted molar refractivity (Wildman–Crippen MR) is 38.5 cm³/mol. The van der Waals surface area contributed by atoms with Gasteiger partial charge in [-0.1, -0.05) is 12.2 Å². The molecule has 1 heterocycles. The number of carbonyl (C=O) groups excluding carboxylic acids is 1. The van der Waals surface area contributed by atoms with Gasteiger partial charge in [-0.25, -0.2) is 0 Å². The molecule has 2 nitrogen and oxygen atoms in total. The van der Waals surface area contributed by atoms with Crippen LogP contribution in [0, 0.1) is 0 Å². The first-order chi connectivity index (χ1) is 4.60. The third kappa shape index (κ3) is 1.87. The second-order valence-corrected chi connectivity index (χ2v) is 3.11. The van der Waals surface area contributed by atoms with Crippen molar-refractivity contribution in [1.82, 2.24) is 0 Å². The molecule has 1 aliphatic rings. The summed E-state index contributed by atoms with van der Waals surface area (Å²) in [6.07, 6.45) is 5.09. The van der Waals surface area contributed by atoms with Crippen molar-refractivity contribution in [1.29, 1.82) is 0 Å². The number of cyclic esters (lactones) is 1. The average molecular weight is 140 g/mol. The molecule has 10 heavy (non-hydrogen) atoms. The van der Waals surface area contributed by atoms with Crippen LogP contribution >= 0.6 is 0 Å². The van der Waals surface area contributed by atoms with Crippen LogP contribution in [0.2, 0.25) is 0 Å². The number of hydrogen-bond acceptors (Lipinski definition) is 2. The normalized spacial score (nSPS) is 23.6. The molecule has 0 aromatic rings. The summed E-state index contributed by atoms with van der Waals surface area (Å²) in [5, 5.41) is 0. The Morgan fingerprint density at radius 1 is 1.50 bits per heavy atom. The van der Waals surface area contributed by atoms with Crippen LogP contribution in [-0.4, -0.2) is 11.6 Å². The number of esters is 1. The van der Waals surface area contributed by atoms with Gasteiger partial charge >= 0.3 is 5.97 Å². The van der Waals surface area contributed by atoms with Gasteiger partial charge in [-0.3, -0.25) is 4.79 Å². The topological polar surface area (TPSA) is 26.3 Å². The lowest BCUT2D eigenvalue weighted by Gasteiger charge is -2.21. The molecule has 0 aliphatic carbocycles. The van der Waals surface area contributed by atoms with Crippen molar-refractivity contribution in [3.8, 4) is 0 Å². The maximum atomic E-state index is 10.8. The van der Waals surface area contributed by atoms with E-state index in [4.69, 9.17) is 4.74 Å². The van der Waals surface area contributed by atoms with Crippen molar-refractivity contribution < 1.29 is 9.53 Å². The largest absolute Gasteiger partial charge is 0.459 e. The number of rotatable bonds is 0. The molecule has 0 aromatic carbocycles. The maximum absolute atomic E-state index is 10.8. The Bertz CT molecular complexity index is 168. The molecule has 1 rings (SSSR count). The lowest BCUT2D eigenvalue weighted by atomic mass is 10.1. The van der Waals surface area contributed by atoms with Gasteiger partial charge in [0.25, 0.3) is 0 Å². The van der Waals surface area contributed by atoms with E-state index in [1.165, 1.54) is 0 Å². The highest BCUT2D eigenvalue weighted by atomic mass is 16.6. The van der Waals surface area contributed by atoms with E-state index < -0.39 is 0 Å². The fourth-order valence-corrected chi connectivity index (χ4v) is 0.938. The monoisotopic (exact) mass is 140 g/mol. The third-order valence-electron chi connectivity index (χ3n) is 1.45. The van der Waals surface area contributed by atoms with E-state index in [-0.39, 0.29) is 11.6 Å². The molecule has 0 unspecified atom stereocenters. The van der Waals surface area contributed by atoms with Gasteiger partial charge in [0.1, 0.15) is 5.60 Å². The summed E-state index contributed by atoms with van der Waals surface area (Å²) in [6, 6.07) is 0. The fraction of sp³-hybridized carbons (Fsp3) is 0.625. The van der Waals surface area contributed by atoms with Crippen LogP contribution in [0.1, 0.15) is 26.7 Å². The molecule has 56 valence electrons. The summed E-state index contributed by atoms with van der Waals surface area (Å²) in [5.41, 5.74) is -0.302. The minimum Gasteiger partial charge on any atom is -0.459 e. The van der Waals surface area contributed by atoms with Gasteiger partial charge < -0.3 is 4.74 Å². The first-order valence-corrected chi connectivity index (χ1v) is 3.47. The SMILES string of the molecule is CC1(C)CC=CCC(=O)O1. The average Bonchev–Trinajstić information content (AvgIpc) is 1.90. The van der Waals surface area contributed by atoms with E-state index >= 15 is 0 Å². The quantitative estimate of drug-likeness (QED) is 0.378. The lowest BCUT2D eigenvalue weighted by molar-refractivity contribution is -0.154. The Kier molecular flexibility index (Phi) is 1.79. The van der Waals surface area contributed by atoms with E-state index in [9.17, 15) is 4.79 Å². The highest BCUT2D eigenvalue weighted by Gasteiger charge is 2.22. The molecule has 2 heteroatoms. The minimum atomic E-state index is -0.302. The van der Waals surface area contributed by atoms with Gasteiger partial charge in [-0.15, -0.1) is 0 Å². The Labute approximate surface area is 60.9 Å². The van der Waals surface area contributed by atoms with Crippen molar-refractivity contribution in [2.75, 3.05) is 0 Å². The van der Waals surface area contributed by atoms with Gasteiger partial charge in [0.2, 0.25) is 0 Å². The fourth-order valence-electron chi connectivity index (χ4n) is 0.938. The van der Waals surface area contributed by atoms with E-state index in [0.717, 1.165) is 6.42 Å². The highest BCUT2D eigenvalue weighted by molar-refractivity contribution is 5.72. The van der Waals surface area contributed by atoms with E-state index in [1.807, 2.05) is 26.0 Å². The highest BCUT2D eigenvalue weighted by Crippen LogP contribution is 2.18. The predicted octanol–water partition coefficient (Wildman–Crippen LogP) is 1.66. The van der Waals surface area contributed by atoms with Crippen molar-refractivity contribution in [3.05, 3.63) is 12.2 Å². The van der Waals surface area contributed by atoms with E-state index in [1.54, 1.807) is 0 Å². The van der Waals surface area contributed by atoms with Crippen LogP contribution in [0.5, 0.6) is 0 Å². The Morgan fingerprint density at radius 2 is 2.20 bits per heavy atom. The summed E-state index contributed by atoms with van der Waals surface area (Å²) in [6.45, 7) is 3.83. The molecule has 1 aliphatic heterocycles. The van der Waals surface area contributed by atoms with Gasteiger partial charge in [0, 0.05) is 6.42 Å². The zero-order chi connectivity index (χ0) is 7.61. The van der Waals surface area contributed by atoms with Crippen molar-refractivity contribution in [3.63, 3.8) is 0 Å². The second kappa shape index (κ2) is 2.45. The zero-order valence-electron chi connectivity index (χ0n) is 6.39. The molecule has 0 saturated heterocycles. The molecule has 0 aromatic heterocycles. The molecule has 0 amide bonds. The number of ether oxygens (including phenoxy) is 1. The molecule has 0 bridgehead atoms. The first kappa shape index (κ1) is 7.32. The molecular formula is C8H12O2. The molecule has 0 fully saturated rings. The van der Waals surface area contributed by atoms with E-state index in [0.29, 0.717) is 6.42 Å². The summed E-state index contributed by atoms with van der Waals surface area (Å²) < 4.78 is 5.10. The standard InChI is InChI=1S/C8H12O2/c1-8(2)6-4-3-5-7(9)10-8/h3-4H,5-6H2,1-2H3. The van der Waals surface area contributed by atoms with Crippen LogP contribution in [0.3, 0.4) is 0 Å². The summed E-state index contributed by atoms with van der Waals surface area (Å²) in [5.74, 6) is -0.126. The molecule has 0 N–H and O–H groups in total. The lowest BCUT2D eigenvalue weighted by Crippen LogP contribution is -2.25. The Hall–Kier alpha value is -0.790. The van der Waals surface area contributed by atoms with Gasteiger partial charge in [-0.2, -0.15) is 0 Å². The van der Waals surface area contributed by atoms with Crippen LogP contribution in [0.25, 0.3) is 0 Å². The van der Waals surface area contributed by atoms with Crippen LogP contribution in [0.15, 0.2) is 12.2 Å². The van der Waals surface area contributed by atoms with Crippen LogP contribution < -0.4 is 0 Å². The summed E-state index contributed by atoms with van der Waals surface area (Å²) >= 11 is 0. The second-order valence-electron chi connectivity index (χ2n) is 3.11. The molecule has 0 radical (unpaired) electrons. The van der Waals surface area contributed by atoms with E-state index in [2.05, 4.69) is 0 Å². The molecule has 0 atom stereocenters. The van der Waals surface area contributed by atoms with Gasteiger partial charge in [0.15, 0.2) is 0 Å². The number of hydrogen-bond donors (Lipinski definition) is 0. The van der Waals surface area contributed by atoms with Crippen molar-refractivity contribution in [2.24, 2.45) is 0 Å². The first-order valence-electron chi connectivity index (χ1n) is 3.47. The van der Waals surface area contributed by atoms with Gasteiger partial charge in [0.05, 0.1) is 6.42 Å². The van der Waals surface area contributed by atoms with Crippen molar-refractivity contribution in [2.45, 2.75) is 32.3 Å². The molecule has 0 saturated carbocycles. The Balaban J connectivity index is 2.66. The Morgan fingerprint density at radius 3 is 2.90 bits per heavy atom. The number of carbonyl (C=O) groups is 1.